The third-order valence-electron chi connectivity index (χ3n) is 11.2. The molecule has 0 N–H and O–H groups in total. The van der Waals surface area contributed by atoms with Crippen LogP contribution in [0.2, 0.25) is 0 Å². The van der Waals surface area contributed by atoms with Crippen LogP contribution in [-0.2, 0) is 10.8 Å². The molecule has 0 atom stereocenters. The van der Waals surface area contributed by atoms with Gasteiger partial charge in [0.2, 0.25) is 0 Å². The van der Waals surface area contributed by atoms with Crippen molar-refractivity contribution in [2.45, 2.75) is 52.4 Å². The first-order valence-corrected chi connectivity index (χ1v) is 20.8. The van der Waals surface area contributed by atoms with E-state index in [9.17, 15) is 0 Å². The maximum absolute atomic E-state index is 9.15. The largest absolute Gasteiger partial charge is 0.458 e. The van der Waals surface area contributed by atoms with Gasteiger partial charge in [-0.05, 0) is 86.7 Å². The molecular weight excluding hydrogens is 771 g/mol. The number of fused-ring (bicyclic) bond motifs is 3. The molecule has 3 aromatic heterocycles. The minimum Gasteiger partial charge on any atom is -0.458 e. The molecule has 0 aliphatic heterocycles. The maximum Gasteiger partial charge on any atom is 0.273 e. The Bertz CT molecular complexity index is 3740. The molecule has 0 aliphatic rings. The van der Waals surface area contributed by atoms with E-state index in [1.54, 1.807) is 28.8 Å². The summed E-state index contributed by atoms with van der Waals surface area (Å²) in [7, 11) is 0. The lowest BCUT2D eigenvalue weighted by Crippen LogP contribution is -2.33. The van der Waals surface area contributed by atoms with Gasteiger partial charge in [-0.15, -0.1) is 5.10 Å². The average molecular weight is 830 g/mol. The first kappa shape index (κ1) is 29.6. The van der Waals surface area contributed by atoms with Gasteiger partial charge in [-0.25, -0.2) is 4.98 Å². The van der Waals surface area contributed by atoms with E-state index in [1.165, 1.54) is 4.68 Å². The number of ether oxygens (including phenoxy) is 1. The van der Waals surface area contributed by atoms with Crippen molar-refractivity contribution in [1.82, 2.24) is 19.2 Å². The summed E-state index contributed by atoms with van der Waals surface area (Å²) in [5.41, 5.74) is 4.76. The van der Waals surface area contributed by atoms with Crippen LogP contribution < -0.4 is 9.42 Å². The monoisotopic (exact) mass is 829 g/mol. The number of hydrogen-bond donors (Lipinski definition) is 0. The van der Waals surface area contributed by atoms with E-state index in [0.717, 1.165) is 38.8 Å². The zero-order valence-corrected chi connectivity index (χ0v) is 35.8. The van der Waals surface area contributed by atoms with Crippen LogP contribution in [0.5, 0.6) is 11.5 Å². The van der Waals surface area contributed by atoms with Gasteiger partial charge in [-0.3, -0.25) is 9.13 Å². The van der Waals surface area contributed by atoms with Gasteiger partial charge in [-0.1, -0.05) is 175 Å². The number of para-hydroxylation sites is 1. The van der Waals surface area contributed by atoms with Gasteiger partial charge in [0.25, 0.3) is 6.33 Å². The predicted octanol–water partition coefficient (Wildman–Crippen LogP) is 13.8. The smallest absolute Gasteiger partial charge is 0.273 e. The second-order valence-corrected chi connectivity index (χ2v) is 17.5. The first-order valence-electron chi connectivity index (χ1n) is 25.8. The van der Waals surface area contributed by atoms with Crippen LogP contribution in [0.1, 0.15) is 66.4 Å². The van der Waals surface area contributed by atoms with Crippen LogP contribution in [0.3, 0.4) is 0 Å². The summed E-state index contributed by atoms with van der Waals surface area (Å²) in [5.74, 6) is 1.86. The molecule has 308 valence electrons. The third kappa shape index (κ3) is 7.59. The highest BCUT2D eigenvalue weighted by Crippen LogP contribution is 2.41. The Morgan fingerprint density at radius 3 is 1.94 bits per heavy atom. The summed E-state index contributed by atoms with van der Waals surface area (Å²) >= 11 is 0. The van der Waals surface area contributed by atoms with Crippen LogP contribution in [-0.4, -0.2) is 19.2 Å². The molecule has 0 radical (unpaired) electrons. The average Bonchev–Trinajstić information content (AvgIpc) is 3.96. The molecular formula is C57H49N5O. The number of aromatic nitrogens is 5. The Kier molecular flexibility index (Phi) is 7.40. The zero-order chi connectivity index (χ0) is 52.0. The minimum atomic E-state index is -0.586. The number of benzene rings is 7. The normalized spacial score (nSPS) is 14.2. The molecule has 0 spiro atoms. The van der Waals surface area contributed by atoms with Gasteiger partial charge in [0.05, 0.1) is 36.1 Å². The lowest BCUT2D eigenvalue weighted by Gasteiger charge is -2.20. The standard InChI is InChI=1S/C57H49N5O/c1-56(2,3)41-22-15-24-44(34-41)61-38-60(55(59-61)54-47(39-18-9-7-10-19-39)27-17-28-48(54)40-20-11-8-12-21-40)43-23-16-25-45(36-43)63-46-30-31-50-49-26-13-14-29-51(49)62(52(50)37-46)53-35-42(32-33-58-53)57(4,5)6/h7-37H,1-6H3/i7D,8D,9D,10D,11D,12D,18D,19D,20D,21D. The van der Waals surface area contributed by atoms with E-state index in [4.69, 9.17) is 28.5 Å². The molecule has 3 heterocycles. The molecule has 63 heavy (non-hydrogen) atoms. The van der Waals surface area contributed by atoms with E-state index in [2.05, 4.69) is 70.6 Å². The van der Waals surface area contributed by atoms with Gasteiger partial charge < -0.3 is 4.74 Å². The summed E-state index contributed by atoms with van der Waals surface area (Å²) in [6.07, 6.45) is 5.24. The lowest BCUT2D eigenvalue weighted by atomic mass is 9.87. The maximum atomic E-state index is 9.15. The molecule has 10 rings (SSSR count). The molecule has 10 aromatic rings. The summed E-state index contributed by atoms with van der Waals surface area (Å²) in [5, 5.41) is 7.24. The molecule has 7 aromatic carbocycles. The second-order valence-electron chi connectivity index (χ2n) is 17.5. The van der Waals surface area contributed by atoms with E-state index in [1.807, 2.05) is 85.1 Å². The van der Waals surface area contributed by atoms with E-state index >= 15 is 0 Å². The molecule has 6 nitrogen and oxygen atoms in total. The second kappa shape index (κ2) is 15.7. The number of nitrogens with zero attached hydrogens (tertiary/aromatic N) is 5. The fourth-order valence-electron chi connectivity index (χ4n) is 7.93. The highest BCUT2D eigenvalue weighted by Gasteiger charge is 2.24. The third-order valence-corrected chi connectivity index (χ3v) is 11.2. The Labute approximate surface area is 383 Å². The minimum absolute atomic E-state index is 0.107. The summed E-state index contributed by atoms with van der Waals surface area (Å²) < 4.78 is 100. The molecule has 0 saturated carbocycles. The summed E-state index contributed by atoms with van der Waals surface area (Å²) in [6, 6.07) is 32.6. The molecule has 0 unspecified atom stereocenters. The van der Waals surface area contributed by atoms with Gasteiger partial charge in [0, 0.05) is 28.6 Å². The van der Waals surface area contributed by atoms with Gasteiger partial charge in [0.1, 0.15) is 17.3 Å². The quantitative estimate of drug-likeness (QED) is 0.113. The van der Waals surface area contributed by atoms with E-state index < -0.39 is 60.4 Å². The van der Waals surface area contributed by atoms with Crippen molar-refractivity contribution in [3.63, 3.8) is 0 Å². The van der Waals surface area contributed by atoms with Crippen molar-refractivity contribution in [2.75, 3.05) is 0 Å². The van der Waals surface area contributed by atoms with Crippen molar-refractivity contribution in [3.05, 3.63) is 205 Å². The fraction of sp³-hybridized carbons (Fsp3) is 0.140. The number of pyridine rings is 1. The Balaban J connectivity index is 1.21. The Morgan fingerprint density at radius 2 is 1.22 bits per heavy atom. The van der Waals surface area contributed by atoms with Crippen LogP contribution in [0, 0.1) is 6.33 Å². The van der Waals surface area contributed by atoms with Crippen molar-refractivity contribution >= 4 is 21.8 Å². The topological polar surface area (TPSA) is 48.8 Å². The van der Waals surface area contributed by atoms with Crippen LogP contribution in [0.15, 0.2) is 188 Å². The van der Waals surface area contributed by atoms with Crippen LogP contribution >= 0.6 is 0 Å². The number of hydrogen-bond acceptors (Lipinski definition) is 3. The summed E-state index contributed by atoms with van der Waals surface area (Å²) in [4.78, 5) is 4.84. The molecule has 0 amide bonds. The summed E-state index contributed by atoms with van der Waals surface area (Å²) in [6.45, 7) is 12.8. The van der Waals surface area contributed by atoms with Crippen molar-refractivity contribution in [3.8, 4) is 62.3 Å². The zero-order valence-electron chi connectivity index (χ0n) is 45.8. The highest BCUT2D eigenvalue weighted by atomic mass is 16.5. The molecule has 0 saturated heterocycles. The highest BCUT2D eigenvalue weighted by molar-refractivity contribution is 6.09. The van der Waals surface area contributed by atoms with E-state index in [-0.39, 0.29) is 44.5 Å². The van der Waals surface area contributed by atoms with Crippen molar-refractivity contribution in [1.29, 1.82) is 0 Å². The van der Waals surface area contributed by atoms with Gasteiger partial charge in [-0.2, -0.15) is 4.68 Å². The number of rotatable bonds is 8. The van der Waals surface area contributed by atoms with Crippen LogP contribution in [0.25, 0.3) is 72.6 Å². The van der Waals surface area contributed by atoms with Crippen molar-refractivity contribution in [2.24, 2.45) is 0 Å². The Morgan fingerprint density at radius 1 is 0.587 bits per heavy atom. The SMILES string of the molecule is [2H]c1c([2H])c([2H])c(-c2cccc(-c3c([2H])c([2H])c([2H])c([2H])c3[2H])c2-c2n[n+](-c3cccc(C(C)(C)C)c3)[c-]n2-c2cccc(Oc3ccc4c5ccccc5n(-c5cc(C(C)(C)C)ccn5)c4c3)c2)c([2H])c1[2H]. The van der Waals surface area contributed by atoms with Crippen molar-refractivity contribution < 1.29 is 23.1 Å². The van der Waals surface area contributed by atoms with Gasteiger partial charge >= 0.3 is 0 Å². The Hall–Kier alpha value is -7.57. The van der Waals surface area contributed by atoms with Gasteiger partial charge in [0.15, 0.2) is 5.82 Å². The van der Waals surface area contributed by atoms with E-state index in [0.29, 0.717) is 22.9 Å². The van der Waals surface area contributed by atoms with Crippen LogP contribution in [0.4, 0.5) is 0 Å². The molecule has 0 bridgehead atoms. The predicted molar refractivity (Wildman–Crippen MR) is 256 cm³/mol. The molecule has 0 aliphatic carbocycles. The molecule has 0 fully saturated rings. The molecule has 6 heteroatoms. The first-order chi connectivity index (χ1) is 34.6. The fourth-order valence-corrected chi connectivity index (χ4v) is 7.93. The lowest BCUT2D eigenvalue weighted by molar-refractivity contribution is -0.660.